The van der Waals surface area contributed by atoms with Gasteiger partial charge < -0.3 is 4.74 Å². The summed E-state index contributed by atoms with van der Waals surface area (Å²) in [6.45, 7) is 1.66. The van der Waals surface area contributed by atoms with Gasteiger partial charge in [-0.15, -0.1) is 0 Å². The largest absolute Gasteiger partial charge is 0.420 e. The first-order valence-electron chi connectivity index (χ1n) is 5.33. The quantitative estimate of drug-likeness (QED) is 0.574. The van der Waals surface area contributed by atoms with E-state index in [4.69, 9.17) is 0 Å². The molecule has 0 amide bonds. The summed E-state index contributed by atoms with van der Waals surface area (Å²) in [4.78, 5) is 11.1. The molecule has 1 rings (SSSR count). The summed E-state index contributed by atoms with van der Waals surface area (Å²) >= 11 is 0. The van der Waals surface area contributed by atoms with Gasteiger partial charge in [-0.1, -0.05) is 6.92 Å². The second-order valence-electron chi connectivity index (χ2n) is 3.32. The van der Waals surface area contributed by atoms with E-state index in [-0.39, 0.29) is 6.42 Å². The van der Waals surface area contributed by atoms with Crippen molar-refractivity contribution in [1.82, 2.24) is 0 Å². The third-order valence-corrected chi connectivity index (χ3v) is 1.95. The number of carbonyl (C=O) groups is 1. The van der Waals surface area contributed by atoms with Crippen LogP contribution in [-0.4, -0.2) is 19.3 Å². The molecule has 0 spiro atoms. The molecule has 0 radical (unpaired) electrons. The van der Waals surface area contributed by atoms with Crippen molar-refractivity contribution in [3.63, 3.8) is 0 Å². The van der Waals surface area contributed by atoms with Gasteiger partial charge in [-0.3, -0.25) is 9.18 Å². The van der Waals surface area contributed by atoms with Gasteiger partial charge in [0, 0.05) is 6.42 Å². The maximum atomic E-state index is 13.3. The number of halogens is 5. The Kier molecular flexibility index (Phi) is 7.71. The number of allylic oxidation sites excluding steroid dienone is 5. The fourth-order valence-corrected chi connectivity index (χ4v) is 1.13. The molecule has 2 nitrogen and oxygen atoms in total. The molecule has 0 aromatic heterocycles. The molecule has 0 aromatic carbocycles. The lowest BCUT2D eigenvalue weighted by Gasteiger charge is -2.06. The normalized spacial score (nSPS) is 18.8. The summed E-state index contributed by atoms with van der Waals surface area (Å²) in [5.41, 5.74) is 0. The van der Waals surface area contributed by atoms with E-state index in [2.05, 4.69) is 4.74 Å². The Labute approximate surface area is 107 Å². The smallest absolute Gasteiger partial charge is 0.311 e. The molecule has 1 unspecified atom stereocenters. The minimum Gasteiger partial charge on any atom is -0.420 e. The van der Waals surface area contributed by atoms with Crippen molar-refractivity contribution < 1.29 is 31.5 Å². The molecule has 0 aromatic rings. The van der Waals surface area contributed by atoms with Crippen LogP contribution >= 0.6 is 0 Å². The van der Waals surface area contributed by atoms with E-state index >= 15 is 0 Å². The van der Waals surface area contributed by atoms with Gasteiger partial charge in [0.05, 0.1) is 7.18 Å². The maximum absolute atomic E-state index is 13.3. The van der Waals surface area contributed by atoms with Crippen molar-refractivity contribution in [2.24, 2.45) is 0 Å². The lowest BCUT2D eigenvalue weighted by Crippen LogP contribution is -2.07. The van der Waals surface area contributed by atoms with Crippen LogP contribution in [0.1, 0.15) is 19.8 Å². The molecule has 0 bridgehead atoms. The van der Waals surface area contributed by atoms with Gasteiger partial charge >= 0.3 is 5.97 Å². The fourth-order valence-electron chi connectivity index (χ4n) is 1.13. The van der Waals surface area contributed by atoms with E-state index in [0.29, 0.717) is 25.8 Å². The summed E-state index contributed by atoms with van der Waals surface area (Å²) in [5.74, 6) is -7.09. The molecule has 1 aliphatic carbocycles. The predicted octanol–water partition coefficient (Wildman–Crippen LogP) is 4.16. The molecular formula is C12H13F5O2. The van der Waals surface area contributed by atoms with Crippen molar-refractivity contribution in [1.29, 1.82) is 0 Å². The van der Waals surface area contributed by atoms with Gasteiger partial charge in [0.25, 0.3) is 0 Å². The van der Waals surface area contributed by atoms with E-state index in [1.165, 1.54) is 0 Å². The average Bonchev–Trinajstić information content (AvgIpc) is 2.49. The van der Waals surface area contributed by atoms with Gasteiger partial charge in [0.1, 0.15) is 0 Å². The van der Waals surface area contributed by atoms with Gasteiger partial charge in [-0.25, -0.2) is 13.2 Å². The molecule has 1 atom stereocenters. The Morgan fingerprint density at radius 3 is 2.42 bits per heavy atom. The first-order chi connectivity index (χ1) is 8.97. The zero-order chi connectivity index (χ0) is 15.0. The second kappa shape index (κ2) is 8.44. The Hall–Kier alpha value is -1.66. The molecule has 19 heavy (non-hydrogen) atoms. The van der Waals surface area contributed by atoms with Crippen molar-refractivity contribution in [2.45, 2.75) is 25.9 Å². The van der Waals surface area contributed by atoms with Crippen LogP contribution in [0.4, 0.5) is 22.0 Å². The predicted molar refractivity (Wildman–Crippen MR) is 59.4 cm³/mol. The SMILES string of the molecule is CCCC(=O)OC1=C(F)C=CC(F)C(F)=C1F.CF. The first-order valence-corrected chi connectivity index (χ1v) is 5.33. The van der Waals surface area contributed by atoms with E-state index in [9.17, 15) is 26.7 Å². The third kappa shape index (κ3) is 4.84. The maximum Gasteiger partial charge on any atom is 0.311 e. The number of hydrogen-bond donors (Lipinski definition) is 0. The summed E-state index contributed by atoms with van der Waals surface area (Å²) in [5, 5.41) is 0. The zero-order valence-electron chi connectivity index (χ0n) is 10.4. The minimum atomic E-state index is -2.39. The number of carbonyl (C=O) groups excluding carboxylic acids is 1. The minimum absolute atomic E-state index is 0.0750. The Balaban J connectivity index is 0.00000154. The topological polar surface area (TPSA) is 26.3 Å². The van der Waals surface area contributed by atoms with Gasteiger partial charge in [-0.2, -0.15) is 4.39 Å². The Bertz CT molecular complexity index is 412. The van der Waals surface area contributed by atoms with E-state index in [0.717, 1.165) is 0 Å². The van der Waals surface area contributed by atoms with Crippen LogP contribution in [0.25, 0.3) is 0 Å². The number of alkyl halides is 2. The zero-order valence-corrected chi connectivity index (χ0v) is 10.4. The molecule has 1 aliphatic rings. The van der Waals surface area contributed by atoms with E-state index in [1.54, 1.807) is 6.92 Å². The molecule has 0 heterocycles. The second-order valence-corrected chi connectivity index (χ2v) is 3.32. The highest BCUT2D eigenvalue weighted by Crippen LogP contribution is 2.30. The molecule has 0 saturated carbocycles. The third-order valence-electron chi connectivity index (χ3n) is 1.95. The van der Waals surface area contributed by atoms with Crippen LogP contribution in [0.15, 0.2) is 35.4 Å². The molecular weight excluding hydrogens is 271 g/mol. The Morgan fingerprint density at radius 2 is 1.89 bits per heavy atom. The molecule has 0 N–H and O–H groups in total. The monoisotopic (exact) mass is 284 g/mol. The van der Waals surface area contributed by atoms with Crippen LogP contribution in [0.2, 0.25) is 0 Å². The first kappa shape index (κ1) is 17.3. The number of rotatable bonds is 3. The average molecular weight is 284 g/mol. The van der Waals surface area contributed by atoms with Crippen LogP contribution in [-0.2, 0) is 9.53 Å². The standard InChI is InChI=1S/C11H10F4O2.CH3F/c1-2-3-8(16)17-11-7(13)5-4-6(12)9(14)10(11)15;1-2/h4-6H,2-3H2,1H3;1H3. The van der Waals surface area contributed by atoms with Crippen molar-refractivity contribution in [2.75, 3.05) is 7.18 Å². The summed E-state index contributed by atoms with van der Waals surface area (Å²) in [6.07, 6.45) is -1.04. The van der Waals surface area contributed by atoms with Crippen molar-refractivity contribution >= 4 is 5.97 Å². The van der Waals surface area contributed by atoms with Crippen molar-refractivity contribution in [3.8, 4) is 0 Å². The van der Waals surface area contributed by atoms with Crippen molar-refractivity contribution in [3.05, 3.63) is 35.4 Å². The Morgan fingerprint density at radius 1 is 1.32 bits per heavy atom. The van der Waals surface area contributed by atoms with Crippen LogP contribution in [0.3, 0.4) is 0 Å². The van der Waals surface area contributed by atoms with E-state index in [1.807, 2.05) is 0 Å². The summed E-state index contributed by atoms with van der Waals surface area (Å²) in [7, 11) is 0.500. The molecule has 0 saturated heterocycles. The summed E-state index contributed by atoms with van der Waals surface area (Å²) < 4.78 is 66.1. The molecule has 0 aliphatic heterocycles. The number of esters is 1. The molecule has 7 heteroatoms. The highest BCUT2D eigenvalue weighted by atomic mass is 19.2. The van der Waals surface area contributed by atoms with Gasteiger partial charge in [0.15, 0.2) is 17.8 Å². The lowest BCUT2D eigenvalue weighted by atomic mass is 10.3. The number of ether oxygens (including phenoxy) is 1. The van der Waals surface area contributed by atoms with Crippen LogP contribution in [0, 0.1) is 0 Å². The molecule has 0 fully saturated rings. The van der Waals surface area contributed by atoms with Crippen LogP contribution < -0.4 is 0 Å². The fraction of sp³-hybridized carbons (Fsp3) is 0.417. The summed E-state index contributed by atoms with van der Waals surface area (Å²) in [6, 6.07) is 0. The lowest BCUT2D eigenvalue weighted by molar-refractivity contribution is -0.139. The van der Waals surface area contributed by atoms with E-state index < -0.39 is 35.4 Å². The number of hydrogen-bond acceptors (Lipinski definition) is 2. The van der Waals surface area contributed by atoms with Gasteiger partial charge in [0.2, 0.25) is 11.6 Å². The highest BCUT2D eigenvalue weighted by Gasteiger charge is 2.27. The molecule has 108 valence electrons. The van der Waals surface area contributed by atoms with Crippen LogP contribution in [0.5, 0.6) is 0 Å². The highest BCUT2D eigenvalue weighted by molar-refractivity contribution is 5.71. The van der Waals surface area contributed by atoms with Gasteiger partial charge in [-0.05, 0) is 18.6 Å².